The lowest BCUT2D eigenvalue weighted by atomic mass is 10.1. The maximum atomic E-state index is 12.3. The highest BCUT2D eigenvalue weighted by Crippen LogP contribution is 2.24. The second-order valence-electron chi connectivity index (χ2n) is 4.69. The number of hydrogen-bond donors (Lipinski definition) is 0. The smallest absolute Gasteiger partial charge is 0.254 e. The molecule has 0 unspecified atom stereocenters. The monoisotopic (exact) mass is 263 g/mol. The van der Waals surface area contributed by atoms with Gasteiger partial charge in [-0.2, -0.15) is 0 Å². The zero-order valence-electron chi connectivity index (χ0n) is 11.8. The van der Waals surface area contributed by atoms with Gasteiger partial charge >= 0.3 is 0 Å². The van der Waals surface area contributed by atoms with E-state index in [4.69, 9.17) is 9.47 Å². The van der Waals surface area contributed by atoms with Crippen molar-refractivity contribution in [3.05, 3.63) is 34.9 Å². The highest BCUT2D eigenvalue weighted by molar-refractivity contribution is 5.98. The van der Waals surface area contributed by atoms with Gasteiger partial charge in [-0.25, -0.2) is 0 Å². The van der Waals surface area contributed by atoms with Crippen LogP contribution in [0, 0.1) is 6.92 Å². The van der Waals surface area contributed by atoms with Crippen molar-refractivity contribution < 1.29 is 14.3 Å². The fourth-order valence-electron chi connectivity index (χ4n) is 2.36. The Labute approximate surface area is 114 Å². The molecular formula is C15H21NO3. The molecule has 104 valence electrons. The van der Waals surface area contributed by atoms with E-state index in [1.165, 1.54) is 5.56 Å². The van der Waals surface area contributed by atoms with Crippen LogP contribution in [-0.4, -0.2) is 36.9 Å². The second-order valence-corrected chi connectivity index (χ2v) is 4.69. The summed E-state index contributed by atoms with van der Waals surface area (Å²) in [4.78, 5) is 14.1. The van der Waals surface area contributed by atoms with Crippen molar-refractivity contribution >= 4 is 5.91 Å². The number of benzene rings is 1. The van der Waals surface area contributed by atoms with Crippen molar-refractivity contribution in [3.63, 3.8) is 0 Å². The van der Waals surface area contributed by atoms with E-state index in [-0.39, 0.29) is 12.2 Å². The maximum Gasteiger partial charge on any atom is 0.254 e. The molecule has 0 saturated heterocycles. The lowest BCUT2D eigenvalue weighted by Crippen LogP contribution is -2.35. The molecule has 2 rings (SSSR count). The van der Waals surface area contributed by atoms with Crippen LogP contribution in [0.4, 0.5) is 0 Å². The van der Waals surface area contributed by atoms with Gasteiger partial charge < -0.3 is 14.4 Å². The molecule has 19 heavy (non-hydrogen) atoms. The number of ether oxygens (including phenoxy) is 2. The Kier molecular flexibility index (Phi) is 4.56. The Bertz CT molecular complexity index is 453. The third-order valence-electron chi connectivity index (χ3n) is 3.21. The molecule has 1 aliphatic rings. The summed E-state index contributed by atoms with van der Waals surface area (Å²) in [6.45, 7) is 8.18. The summed E-state index contributed by atoms with van der Waals surface area (Å²) in [6.07, 6.45) is -0.339. The molecule has 0 spiro atoms. The molecule has 1 aromatic rings. The molecule has 4 nitrogen and oxygen atoms in total. The number of carbonyl (C=O) groups is 1. The first-order valence-electron chi connectivity index (χ1n) is 6.77. The largest absolute Gasteiger partial charge is 0.351 e. The quantitative estimate of drug-likeness (QED) is 0.739. The van der Waals surface area contributed by atoms with Gasteiger partial charge in [-0.15, -0.1) is 0 Å². The fraction of sp³-hybridized carbons (Fsp3) is 0.533. The zero-order chi connectivity index (χ0) is 13.8. The summed E-state index contributed by atoms with van der Waals surface area (Å²) in [7, 11) is 0. The highest BCUT2D eigenvalue weighted by Gasteiger charge is 2.29. The predicted octanol–water partition coefficient (Wildman–Crippen LogP) is 2.35. The molecule has 0 saturated carbocycles. The number of amides is 1. The average Bonchev–Trinajstić information content (AvgIpc) is 2.66. The maximum absolute atomic E-state index is 12.3. The van der Waals surface area contributed by atoms with Gasteiger partial charge in [0.05, 0.1) is 6.54 Å². The molecule has 0 aromatic heterocycles. The fourth-order valence-corrected chi connectivity index (χ4v) is 2.36. The average molecular weight is 263 g/mol. The first kappa shape index (κ1) is 14.0. The topological polar surface area (TPSA) is 38.8 Å². The molecule has 0 fully saturated rings. The first-order chi connectivity index (χ1) is 9.15. The zero-order valence-corrected chi connectivity index (χ0v) is 11.8. The number of rotatable bonds is 6. The van der Waals surface area contributed by atoms with Gasteiger partial charge in [0, 0.05) is 25.3 Å². The molecule has 1 heterocycles. The van der Waals surface area contributed by atoms with Crippen molar-refractivity contribution in [2.24, 2.45) is 0 Å². The molecule has 0 atom stereocenters. The minimum atomic E-state index is -0.339. The first-order valence-corrected chi connectivity index (χ1v) is 6.77. The number of aryl methyl sites for hydroxylation is 1. The summed E-state index contributed by atoms with van der Waals surface area (Å²) >= 11 is 0. The summed E-state index contributed by atoms with van der Waals surface area (Å²) in [5.74, 6) is 0.0689. The van der Waals surface area contributed by atoms with Crippen LogP contribution in [-0.2, 0) is 16.0 Å². The second kappa shape index (κ2) is 6.17. The van der Waals surface area contributed by atoms with E-state index in [0.717, 1.165) is 11.1 Å². The molecule has 1 aliphatic heterocycles. The van der Waals surface area contributed by atoms with E-state index in [1.807, 2.05) is 32.9 Å². The van der Waals surface area contributed by atoms with Crippen molar-refractivity contribution in [1.29, 1.82) is 0 Å². The molecule has 1 aromatic carbocycles. The van der Waals surface area contributed by atoms with E-state index in [9.17, 15) is 4.79 Å². The lowest BCUT2D eigenvalue weighted by molar-refractivity contribution is -0.143. The summed E-state index contributed by atoms with van der Waals surface area (Å²) < 4.78 is 11.0. The van der Waals surface area contributed by atoms with E-state index >= 15 is 0 Å². The van der Waals surface area contributed by atoms with E-state index in [2.05, 4.69) is 6.07 Å². The summed E-state index contributed by atoms with van der Waals surface area (Å²) in [5.41, 5.74) is 3.08. The molecule has 0 bridgehead atoms. The van der Waals surface area contributed by atoms with Crippen molar-refractivity contribution in [2.45, 2.75) is 33.6 Å². The van der Waals surface area contributed by atoms with Gasteiger partial charge in [-0.1, -0.05) is 17.7 Å². The minimum absolute atomic E-state index is 0.0689. The molecule has 4 heteroatoms. The number of hydrogen-bond acceptors (Lipinski definition) is 3. The Balaban J connectivity index is 2.06. The van der Waals surface area contributed by atoms with Crippen molar-refractivity contribution in [3.8, 4) is 0 Å². The molecule has 0 N–H and O–H groups in total. The number of carbonyl (C=O) groups excluding carboxylic acids is 1. The van der Waals surface area contributed by atoms with Crippen LogP contribution in [0.5, 0.6) is 0 Å². The Hall–Kier alpha value is -1.39. The minimum Gasteiger partial charge on any atom is -0.351 e. The Morgan fingerprint density at radius 1 is 1.26 bits per heavy atom. The molecule has 0 radical (unpaired) electrons. The SMILES string of the molecule is CCOC(CN1Cc2cc(C)ccc2C1=O)OCC. The van der Waals surface area contributed by atoms with Gasteiger partial charge in [-0.05, 0) is 32.4 Å². The van der Waals surface area contributed by atoms with Crippen LogP contribution in [0.3, 0.4) is 0 Å². The third kappa shape index (κ3) is 3.14. The van der Waals surface area contributed by atoms with Gasteiger partial charge in [0.15, 0.2) is 6.29 Å². The van der Waals surface area contributed by atoms with Gasteiger partial charge in [0.2, 0.25) is 0 Å². The normalized spacial score (nSPS) is 14.3. The standard InChI is InChI=1S/C15H21NO3/c1-4-18-14(19-5-2)10-16-9-12-8-11(3)6-7-13(12)15(16)17/h6-8,14H,4-5,9-10H2,1-3H3. The van der Waals surface area contributed by atoms with Gasteiger partial charge in [0.25, 0.3) is 5.91 Å². The van der Waals surface area contributed by atoms with Crippen molar-refractivity contribution in [2.75, 3.05) is 19.8 Å². The van der Waals surface area contributed by atoms with E-state index < -0.39 is 0 Å². The summed E-state index contributed by atoms with van der Waals surface area (Å²) in [6, 6.07) is 5.95. The molecule has 0 aliphatic carbocycles. The number of nitrogens with zero attached hydrogens (tertiary/aromatic N) is 1. The lowest BCUT2D eigenvalue weighted by Gasteiger charge is -2.23. The van der Waals surface area contributed by atoms with Gasteiger partial charge in [0.1, 0.15) is 0 Å². The van der Waals surface area contributed by atoms with Crippen LogP contribution in [0.2, 0.25) is 0 Å². The molecule has 1 amide bonds. The van der Waals surface area contributed by atoms with Crippen molar-refractivity contribution in [1.82, 2.24) is 4.90 Å². The van der Waals surface area contributed by atoms with Crippen LogP contribution in [0.15, 0.2) is 18.2 Å². The predicted molar refractivity (Wildman–Crippen MR) is 73.0 cm³/mol. The highest BCUT2D eigenvalue weighted by atomic mass is 16.7. The van der Waals surface area contributed by atoms with Crippen LogP contribution < -0.4 is 0 Å². The number of fused-ring (bicyclic) bond motifs is 1. The van der Waals surface area contributed by atoms with E-state index in [1.54, 1.807) is 4.90 Å². The molecular weight excluding hydrogens is 242 g/mol. The van der Waals surface area contributed by atoms with E-state index in [0.29, 0.717) is 26.3 Å². The Morgan fingerprint density at radius 3 is 2.58 bits per heavy atom. The van der Waals surface area contributed by atoms with Crippen LogP contribution >= 0.6 is 0 Å². The van der Waals surface area contributed by atoms with Gasteiger partial charge in [-0.3, -0.25) is 4.79 Å². The summed E-state index contributed by atoms with van der Waals surface area (Å²) in [5, 5.41) is 0. The van der Waals surface area contributed by atoms with Crippen LogP contribution in [0.1, 0.15) is 35.3 Å². The van der Waals surface area contributed by atoms with Crippen LogP contribution in [0.25, 0.3) is 0 Å². The third-order valence-corrected chi connectivity index (χ3v) is 3.21. The Morgan fingerprint density at radius 2 is 1.95 bits per heavy atom.